The van der Waals surface area contributed by atoms with Crippen molar-refractivity contribution in [2.75, 3.05) is 9.80 Å². The average Bonchev–Trinajstić information content (AvgIpc) is 3.89. The smallest absolute Gasteiger partial charge is 0.255 e. The molecule has 5 heterocycles. The highest BCUT2D eigenvalue weighted by Crippen LogP contribution is 2.42. The first kappa shape index (κ1) is 29.6. The zero-order valence-corrected chi connectivity index (χ0v) is 28.7. The fourth-order valence-electron chi connectivity index (χ4n) is 7.21. The molecule has 11 aromatic rings. The van der Waals surface area contributed by atoms with Gasteiger partial charge in [0.05, 0.1) is 11.4 Å². The molecule has 0 fully saturated rings. The highest BCUT2D eigenvalue weighted by molar-refractivity contribution is 7.25. The molecule has 53 heavy (non-hydrogen) atoms. The molecular weight excluding hydrogens is 677 g/mol. The number of anilines is 6. The summed E-state index contributed by atoms with van der Waals surface area (Å²) >= 11 is 1.57. The lowest BCUT2D eigenvalue weighted by Gasteiger charge is -2.24. The van der Waals surface area contributed by atoms with E-state index in [0.29, 0.717) is 11.5 Å². The first-order valence-electron chi connectivity index (χ1n) is 17.2. The lowest BCUT2D eigenvalue weighted by molar-refractivity contribution is 0.668. The van der Waals surface area contributed by atoms with Crippen LogP contribution in [-0.4, -0.2) is 20.2 Å². The summed E-state index contributed by atoms with van der Waals surface area (Å²) in [6.07, 6.45) is 1.87. The van der Waals surface area contributed by atoms with E-state index in [1.807, 2.05) is 102 Å². The van der Waals surface area contributed by atoms with Gasteiger partial charge in [-0.15, -0.1) is 21.5 Å². The second kappa shape index (κ2) is 11.7. The topological polar surface area (TPSA) is 84.3 Å². The van der Waals surface area contributed by atoms with Gasteiger partial charge in [0, 0.05) is 61.3 Å². The van der Waals surface area contributed by atoms with Crippen LogP contribution in [0.15, 0.2) is 167 Å². The summed E-state index contributed by atoms with van der Waals surface area (Å²) in [4.78, 5) is 15.0. The van der Waals surface area contributed by atoms with Crippen molar-refractivity contribution < 1.29 is 8.83 Å². The number of benzene rings is 6. The number of hydrogen-bond donors (Lipinski definition) is 0. The number of furan rings is 2. The Hall–Kier alpha value is -7.10. The molecule has 6 aromatic carbocycles. The van der Waals surface area contributed by atoms with E-state index in [0.717, 1.165) is 87.4 Å². The van der Waals surface area contributed by atoms with Crippen molar-refractivity contribution in [3.8, 4) is 0 Å². The SMILES string of the molecule is c1ccc(N(c2ccc3c(c2)oc2ccccc23)c2cc3sc4nc(N(c5ccccc5)c5ccc6c(c5)oc5ccccc56)nnc4c3cn2)cc1. The third kappa shape index (κ3) is 4.82. The van der Waals surface area contributed by atoms with Crippen LogP contribution in [0.5, 0.6) is 0 Å². The molecular formula is C44H26N6O2S. The number of pyridine rings is 1. The summed E-state index contributed by atoms with van der Waals surface area (Å²) in [5, 5.41) is 14.7. The minimum absolute atomic E-state index is 0.462. The van der Waals surface area contributed by atoms with Gasteiger partial charge in [-0.3, -0.25) is 9.80 Å². The Bertz CT molecular complexity index is 2940. The predicted molar refractivity (Wildman–Crippen MR) is 214 cm³/mol. The van der Waals surface area contributed by atoms with E-state index in [9.17, 15) is 0 Å². The van der Waals surface area contributed by atoms with Crippen molar-refractivity contribution in [3.05, 3.63) is 158 Å². The number of fused-ring (bicyclic) bond motifs is 9. The second-order valence-corrected chi connectivity index (χ2v) is 13.8. The number of thiophene rings is 1. The highest BCUT2D eigenvalue weighted by Gasteiger charge is 2.22. The first-order valence-corrected chi connectivity index (χ1v) is 18.0. The van der Waals surface area contributed by atoms with Crippen LogP contribution in [0.3, 0.4) is 0 Å². The van der Waals surface area contributed by atoms with E-state index < -0.39 is 0 Å². The summed E-state index contributed by atoms with van der Waals surface area (Å²) in [7, 11) is 0. The van der Waals surface area contributed by atoms with Crippen LogP contribution in [0.4, 0.5) is 34.5 Å². The molecule has 9 heteroatoms. The molecule has 0 unspecified atom stereocenters. The van der Waals surface area contributed by atoms with E-state index in [1.165, 1.54) is 0 Å². The van der Waals surface area contributed by atoms with E-state index >= 15 is 0 Å². The number of aromatic nitrogens is 4. The van der Waals surface area contributed by atoms with Gasteiger partial charge < -0.3 is 8.83 Å². The normalized spacial score (nSPS) is 11.8. The molecule has 11 rings (SSSR count). The van der Waals surface area contributed by atoms with Gasteiger partial charge in [-0.1, -0.05) is 72.8 Å². The second-order valence-electron chi connectivity index (χ2n) is 12.8. The van der Waals surface area contributed by atoms with Crippen LogP contribution >= 0.6 is 11.3 Å². The largest absolute Gasteiger partial charge is 0.456 e. The Labute approximate surface area is 305 Å². The molecule has 0 saturated heterocycles. The molecule has 5 aromatic heterocycles. The number of hydrogen-bond acceptors (Lipinski definition) is 9. The molecule has 0 N–H and O–H groups in total. The number of para-hydroxylation sites is 4. The summed E-state index contributed by atoms with van der Waals surface area (Å²) < 4.78 is 13.5. The van der Waals surface area contributed by atoms with Crippen molar-refractivity contribution in [2.24, 2.45) is 0 Å². The first-order chi connectivity index (χ1) is 26.2. The molecule has 0 radical (unpaired) electrons. The lowest BCUT2D eigenvalue weighted by Crippen LogP contribution is -2.13. The zero-order chi connectivity index (χ0) is 34.9. The Morgan fingerprint density at radius 3 is 1.64 bits per heavy atom. The van der Waals surface area contributed by atoms with Gasteiger partial charge in [-0.2, -0.15) is 4.98 Å². The van der Waals surface area contributed by atoms with Crippen LogP contribution in [-0.2, 0) is 0 Å². The molecule has 0 spiro atoms. The Morgan fingerprint density at radius 2 is 1.00 bits per heavy atom. The maximum atomic E-state index is 6.28. The Kier molecular flexibility index (Phi) is 6.55. The molecule has 0 amide bonds. The van der Waals surface area contributed by atoms with E-state index in [2.05, 4.69) is 65.6 Å². The summed E-state index contributed by atoms with van der Waals surface area (Å²) in [5.74, 6) is 1.23. The third-order valence-corrected chi connectivity index (χ3v) is 10.7. The maximum Gasteiger partial charge on any atom is 0.255 e. The van der Waals surface area contributed by atoms with Crippen molar-refractivity contribution in [3.63, 3.8) is 0 Å². The van der Waals surface area contributed by atoms with Gasteiger partial charge in [0.25, 0.3) is 5.95 Å². The standard InChI is InChI=1S/C44H26N6O2S/c1-3-11-27(12-4-1)49(29-19-21-33-31-15-7-9-17-36(31)51-38(33)23-29)41-25-40-35(26-45-41)42-43(53-40)46-44(48-47-42)50(28-13-5-2-6-14-28)30-20-22-34-32-16-8-10-18-37(32)52-39(34)24-30/h1-26H. The molecule has 0 atom stereocenters. The molecule has 250 valence electrons. The summed E-state index contributed by atoms with van der Waals surface area (Å²) in [5.41, 5.74) is 7.75. The fraction of sp³-hybridized carbons (Fsp3) is 0. The maximum absolute atomic E-state index is 6.28. The monoisotopic (exact) mass is 702 g/mol. The lowest BCUT2D eigenvalue weighted by atomic mass is 10.1. The summed E-state index contributed by atoms with van der Waals surface area (Å²) in [6.45, 7) is 0. The minimum atomic E-state index is 0.462. The summed E-state index contributed by atoms with van der Waals surface area (Å²) in [6, 6.07) is 51.2. The fourth-order valence-corrected chi connectivity index (χ4v) is 8.22. The molecule has 0 bridgehead atoms. The van der Waals surface area contributed by atoms with Gasteiger partial charge in [0.2, 0.25) is 0 Å². The Morgan fingerprint density at radius 1 is 0.453 bits per heavy atom. The quantitative estimate of drug-likeness (QED) is 0.169. The average molecular weight is 703 g/mol. The molecule has 0 aliphatic heterocycles. The van der Waals surface area contributed by atoms with Gasteiger partial charge >= 0.3 is 0 Å². The third-order valence-electron chi connectivity index (χ3n) is 9.66. The van der Waals surface area contributed by atoms with Crippen molar-refractivity contribution >= 4 is 110 Å². The van der Waals surface area contributed by atoms with E-state index in [4.69, 9.17) is 29.0 Å². The molecule has 0 saturated carbocycles. The zero-order valence-electron chi connectivity index (χ0n) is 27.9. The van der Waals surface area contributed by atoms with Crippen LogP contribution in [0, 0.1) is 0 Å². The highest BCUT2D eigenvalue weighted by atomic mass is 32.1. The minimum Gasteiger partial charge on any atom is -0.456 e. The Balaban J connectivity index is 1.03. The van der Waals surface area contributed by atoms with Gasteiger partial charge in [0.1, 0.15) is 38.5 Å². The van der Waals surface area contributed by atoms with Gasteiger partial charge in [-0.05, 0) is 66.7 Å². The number of rotatable bonds is 6. The van der Waals surface area contributed by atoms with E-state index in [1.54, 1.807) is 11.3 Å². The predicted octanol–water partition coefficient (Wildman–Crippen LogP) is 12.4. The van der Waals surface area contributed by atoms with E-state index in [-0.39, 0.29) is 0 Å². The van der Waals surface area contributed by atoms with Crippen LogP contribution < -0.4 is 9.80 Å². The molecule has 0 aliphatic carbocycles. The van der Waals surface area contributed by atoms with Crippen LogP contribution in [0.25, 0.3) is 64.3 Å². The van der Waals surface area contributed by atoms with Crippen LogP contribution in [0.1, 0.15) is 0 Å². The van der Waals surface area contributed by atoms with Crippen molar-refractivity contribution in [2.45, 2.75) is 0 Å². The molecule has 8 nitrogen and oxygen atoms in total. The van der Waals surface area contributed by atoms with Crippen LogP contribution in [0.2, 0.25) is 0 Å². The van der Waals surface area contributed by atoms with Crippen molar-refractivity contribution in [1.82, 2.24) is 20.2 Å². The van der Waals surface area contributed by atoms with Gasteiger partial charge in [-0.25, -0.2) is 4.98 Å². The van der Waals surface area contributed by atoms with Crippen molar-refractivity contribution in [1.29, 1.82) is 0 Å². The number of nitrogens with zero attached hydrogens (tertiary/aromatic N) is 6. The molecule has 0 aliphatic rings. The van der Waals surface area contributed by atoms with Gasteiger partial charge in [0.15, 0.2) is 0 Å².